The van der Waals surface area contributed by atoms with E-state index in [1.54, 1.807) is 13.8 Å². The van der Waals surface area contributed by atoms with Gasteiger partial charge in [0.05, 0.1) is 12.3 Å². The highest BCUT2D eigenvalue weighted by molar-refractivity contribution is 6.06. The van der Waals surface area contributed by atoms with Crippen LogP contribution < -0.4 is 0 Å². The predicted octanol–water partition coefficient (Wildman–Crippen LogP) is 2.37. The number of carboxylic acids is 1. The summed E-state index contributed by atoms with van der Waals surface area (Å²) in [6, 6.07) is 0. The number of carbonyl (C=O) groups excluding carboxylic acids is 1. The first-order chi connectivity index (χ1) is 9.24. The van der Waals surface area contributed by atoms with E-state index in [9.17, 15) is 9.59 Å². The number of hydrogen-bond donors (Lipinski definition) is 1. The van der Waals surface area contributed by atoms with Crippen molar-refractivity contribution in [3.63, 3.8) is 0 Å². The highest BCUT2D eigenvalue weighted by Crippen LogP contribution is 2.35. The molecule has 0 spiro atoms. The summed E-state index contributed by atoms with van der Waals surface area (Å²) in [7, 11) is 0. The van der Waals surface area contributed by atoms with Gasteiger partial charge in [-0.15, -0.1) is 0 Å². The third kappa shape index (κ3) is 3.49. The van der Waals surface area contributed by atoms with Crippen molar-refractivity contribution in [2.24, 2.45) is 10.6 Å². The number of oxime groups is 1. The molecule has 1 unspecified atom stereocenters. The normalized spacial score (nSPS) is 25.3. The van der Waals surface area contributed by atoms with Crippen LogP contribution in [0, 0.1) is 5.41 Å². The second kappa shape index (κ2) is 6.24. The molecule has 1 fully saturated rings. The van der Waals surface area contributed by atoms with E-state index >= 15 is 0 Å². The molecule has 0 aromatic carbocycles. The first-order valence-corrected chi connectivity index (χ1v) is 6.90. The van der Waals surface area contributed by atoms with Gasteiger partial charge in [-0.1, -0.05) is 11.6 Å². The lowest BCUT2D eigenvalue weighted by atomic mass is 9.74. The largest absolute Gasteiger partial charge is 0.478 e. The maximum Gasteiger partial charge on any atom is 0.350 e. The number of aliphatic carboxylic acids is 1. The standard InChI is InChI=1S/C14H23NO5/c1-5-19-12(18)14(4)9-7-6-8-10(14)15-20-13(2,3)11(16)17/h5-9H2,1-4H3,(H,16,17)/b15-10+. The summed E-state index contributed by atoms with van der Waals surface area (Å²) in [5, 5.41) is 13.0. The molecule has 1 N–H and O–H groups in total. The second-order valence-corrected chi connectivity index (χ2v) is 5.70. The van der Waals surface area contributed by atoms with Gasteiger partial charge in [0.2, 0.25) is 5.60 Å². The monoisotopic (exact) mass is 285 g/mol. The molecule has 1 rings (SSSR count). The zero-order valence-electron chi connectivity index (χ0n) is 12.6. The second-order valence-electron chi connectivity index (χ2n) is 5.70. The molecule has 6 nitrogen and oxygen atoms in total. The average molecular weight is 285 g/mol. The van der Waals surface area contributed by atoms with Gasteiger partial charge in [-0.2, -0.15) is 0 Å². The van der Waals surface area contributed by atoms with Crippen molar-refractivity contribution in [3.05, 3.63) is 0 Å². The number of carbonyl (C=O) groups is 2. The number of esters is 1. The van der Waals surface area contributed by atoms with Gasteiger partial charge in [0.1, 0.15) is 5.41 Å². The Morgan fingerprint density at radius 1 is 1.40 bits per heavy atom. The molecule has 20 heavy (non-hydrogen) atoms. The fourth-order valence-electron chi connectivity index (χ4n) is 2.06. The molecule has 114 valence electrons. The van der Waals surface area contributed by atoms with Gasteiger partial charge in [0.15, 0.2) is 0 Å². The Labute approximate surface area is 119 Å². The van der Waals surface area contributed by atoms with Crippen LogP contribution in [0.5, 0.6) is 0 Å². The van der Waals surface area contributed by atoms with Crippen LogP contribution in [0.25, 0.3) is 0 Å². The molecule has 1 aliphatic carbocycles. The van der Waals surface area contributed by atoms with Gasteiger partial charge in [0.25, 0.3) is 0 Å². The van der Waals surface area contributed by atoms with Crippen molar-refractivity contribution < 1.29 is 24.3 Å². The minimum absolute atomic E-state index is 0.309. The zero-order chi connectivity index (χ0) is 15.4. The van der Waals surface area contributed by atoms with Crippen LogP contribution in [-0.4, -0.2) is 35.0 Å². The maximum absolute atomic E-state index is 12.1. The van der Waals surface area contributed by atoms with E-state index in [1.165, 1.54) is 13.8 Å². The number of carboxylic acid groups (broad SMARTS) is 1. The van der Waals surface area contributed by atoms with E-state index in [2.05, 4.69) is 5.16 Å². The van der Waals surface area contributed by atoms with Gasteiger partial charge in [0, 0.05) is 0 Å². The van der Waals surface area contributed by atoms with Gasteiger partial charge < -0.3 is 14.7 Å². The lowest BCUT2D eigenvalue weighted by molar-refractivity contribution is -0.161. The van der Waals surface area contributed by atoms with Crippen LogP contribution in [0.4, 0.5) is 0 Å². The molecule has 1 saturated carbocycles. The highest BCUT2D eigenvalue weighted by atomic mass is 16.7. The first-order valence-electron chi connectivity index (χ1n) is 6.90. The van der Waals surface area contributed by atoms with E-state index in [4.69, 9.17) is 14.7 Å². The van der Waals surface area contributed by atoms with Crippen molar-refractivity contribution in [2.75, 3.05) is 6.61 Å². The van der Waals surface area contributed by atoms with E-state index in [1.807, 2.05) is 0 Å². The maximum atomic E-state index is 12.1. The fraction of sp³-hybridized carbons (Fsp3) is 0.786. The molecule has 0 bridgehead atoms. The summed E-state index contributed by atoms with van der Waals surface area (Å²) in [5.41, 5.74) is -1.67. The van der Waals surface area contributed by atoms with Crippen LogP contribution in [0.15, 0.2) is 5.16 Å². The van der Waals surface area contributed by atoms with Gasteiger partial charge >= 0.3 is 11.9 Å². The Morgan fingerprint density at radius 3 is 2.60 bits per heavy atom. The molecule has 0 radical (unpaired) electrons. The highest BCUT2D eigenvalue weighted by Gasteiger charge is 2.43. The Bertz CT molecular complexity index is 416. The molecular formula is C14H23NO5. The lowest BCUT2D eigenvalue weighted by Crippen LogP contribution is -2.41. The molecular weight excluding hydrogens is 262 g/mol. The molecule has 1 aliphatic rings. The van der Waals surface area contributed by atoms with Gasteiger partial charge in [-0.05, 0) is 47.0 Å². The van der Waals surface area contributed by atoms with Crippen molar-refractivity contribution in [3.8, 4) is 0 Å². The van der Waals surface area contributed by atoms with E-state index in [0.717, 1.165) is 12.8 Å². The minimum Gasteiger partial charge on any atom is -0.478 e. The average Bonchev–Trinajstić information content (AvgIpc) is 2.38. The quantitative estimate of drug-likeness (QED) is 0.619. The third-order valence-corrected chi connectivity index (χ3v) is 3.60. The van der Waals surface area contributed by atoms with Crippen LogP contribution in [0.3, 0.4) is 0 Å². The number of rotatable bonds is 5. The SMILES string of the molecule is CCOC(=O)C1(C)CCCC/C1=N\OC(C)(C)C(=O)O. The Morgan fingerprint density at radius 2 is 2.05 bits per heavy atom. The summed E-state index contributed by atoms with van der Waals surface area (Å²) >= 11 is 0. The third-order valence-electron chi connectivity index (χ3n) is 3.60. The summed E-state index contributed by atoms with van der Waals surface area (Å²) in [5.74, 6) is -1.43. The molecule has 0 heterocycles. The number of hydrogen-bond acceptors (Lipinski definition) is 5. The van der Waals surface area contributed by atoms with Crippen LogP contribution in [0.2, 0.25) is 0 Å². The van der Waals surface area contributed by atoms with Crippen LogP contribution in [-0.2, 0) is 19.2 Å². The smallest absolute Gasteiger partial charge is 0.350 e. The molecule has 6 heteroatoms. The number of nitrogens with zero attached hydrogens (tertiary/aromatic N) is 1. The molecule has 1 atom stereocenters. The Kier molecular flexibility index (Phi) is 5.14. The first kappa shape index (κ1) is 16.5. The topological polar surface area (TPSA) is 85.2 Å². The van der Waals surface area contributed by atoms with E-state index in [-0.39, 0.29) is 5.97 Å². The lowest BCUT2D eigenvalue weighted by Gasteiger charge is -2.32. The summed E-state index contributed by atoms with van der Waals surface area (Å²) < 4.78 is 5.10. The van der Waals surface area contributed by atoms with Crippen molar-refractivity contribution in [1.82, 2.24) is 0 Å². The Balaban J connectivity index is 2.94. The number of ether oxygens (including phenoxy) is 1. The molecule has 0 saturated heterocycles. The van der Waals surface area contributed by atoms with Gasteiger partial charge in [-0.25, -0.2) is 4.79 Å². The molecule has 0 aromatic heterocycles. The molecule has 0 aromatic rings. The van der Waals surface area contributed by atoms with Crippen molar-refractivity contribution >= 4 is 17.7 Å². The zero-order valence-corrected chi connectivity index (χ0v) is 12.6. The van der Waals surface area contributed by atoms with E-state index in [0.29, 0.717) is 25.2 Å². The van der Waals surface area contributed by atoms with Crippen molar-refractivity contribution in [1.29, 1.82) is 0 Å². The summed E-state index contributed by atoms with van der Waals surface area (Å²) in [4.78, 5) is 28.3. The Hall–Kier alpha value is -1.59. The van der Waals surface area contributed by atoms with Crippen LogP contribution >= 0.6 is 0 Å². The van der Waals surface area contributed by atoms with Crippen LogP contribution in [0.1, 0.15) is 53.4 Å². The fourth-order valence-corrected chi connectivity index (χ4v) is 2.06. The molecule has 0 aliphatic heterocycles. The predicted molar refractivity (Wildman–Crippen MR) is 73.4 cm³/mol. The summed E-state index contributed by atoms with van der Waals surface area (Å²) in [6.07, 6.45) is 3.08. The summed E-state index contributed by atoms with van der Waals surface area (Å²) in [6.45, 7) is 6.68. The molecule has 0 amide bonds. The van der Waals surface area contributed by atoms with E-state index < -0.39 is 17.0 Å². The van der Waals surface area contributed by atoms with Crippen molar-refractivity contribution in [2.45, 2.75) is 59.0 Å². The minimum atomic E-state index is -1.42. The van der Waals surface area contributed by atoms with Gasteiger partial charge in [-0.3, -0.25) is 4.79 Å².